The Balaban J connectivity index is 1.96. The molecule has 0 aliphatic carbocycles. The van der Waals surface area contributed by atoms with E-state index < -0.39 is 29.1 Å². The number of nitrogens with zero attached hydrogens (tertiary/aromatic N) is 2. The Hall–Kier alpha value is -2.57. The topological polar surface area (TPSA) is 66.1 Å². The van der Waals surface area contributed by atoms with Crippen molar-refractivity contribution in [2.24, 2.45) is 0 Å². The molecule has 24 heavy (non-hydrogen) atoms. The number of hydrogen-bond donors (Lipinski definition) is 1. The normalized spacial score (nSPS) is 17.3. The van der Waals surface area contributed by atoms with E-state index in [1.54, 1.807) is 13.8 Å². The zero-order valence-corrected chi connectivity index (χ0v) is 13.4. The van der Waals surface area contributed by atoms with Gasteiger partial charge in [0.25, 0.3) is 11.5 Å². The molecule has 7 heteroatoms. The van der Waals surface area contributed by atoms with Gasteiger partial charge in [0.1, 0.15) is 0 Å². The first-order valence-corrected chi connectivity index (χ1v) is 7.72. The van der Waals surface area contributed by atoms with Crippen LogP contribution in [0, 0.1) is 25.5 Å². The average Bonchev–Trinajstić information content (AvgIpc) is 3.02. The van der Waals surface area contributed by atoms with Gasteiger partial charge in [-0.1, -0.05) is 6.07 Å². The van der Waals surface area contributed by atoms with Crippen LogP contribution in [0.3, 0.4) is 0 Å². The van der Waals surface area contributed by atoms with Gasteiger partial charge in [-0.15, -0.1) is 0 Å². The third kappa shape index (κ3) is 2.81. The lowest BCUT2D eigenvalue weighted by atomic mass is 10.0. The first kappa shape index (κ1) is 16.3. The van der Waals surface area contributed by atoms with Gasteiger partial charge < -0.3 is 9.88 Å². The number of hydrogen-bond acceptors (Lipinski definition) is 3. The van der Waals surface area contributed by atoms with Gasteiger partial charge in [-0.05, 0) is 44.4 Å². The van der Waals surface area contributed by atoms with Crippen molar-refractivity contribution in [3.05, 3.63) is 62.8 Å². The number of halogens is 2. The fourth-order valence-electron chi connectivity index (χ4n) is 2.98. The number of carbonyl (C=O) groups is 1. The zero-order chi connectivity index (χ0) is 17.4. The van der Waals surface area contributed by atoms with Gasteiger partial charge in [-0.2, -0.15) is 0 Å². The molecule has 0 spiro atoms. The monoisotopic (exact) mass is 333 g/mol. The number of aromatic amines is 1. The average molecular weight is 333 g/mol. The summed E-state index contributed by atoms with van der Waals surface area (Å²) in [4.78, 5) is 33.0. The maximum absolute atomic E-state index is 13.5. The molecule has 0 bridgehead atoms. The summed E-state index contributed by atoms with van der Waals surface area (Å²) in [6.45, 7) is 3.85. The summed E-state index contributed by atoms with van der Waals surface area (Å²) < 4.78 is 26.6. The van der Waals surface area contributed by atoms with Crippen molar-refractivity contribution in [3.8, 4) is 0 Å². The van der Waals surface area contributed by atoms with Crippen LogP contribution < -0.4 is 5.56 Å². The molecule has 126 valence electrons. The van der Waals surface area contributed by atoms with Crippen LogP contribution in [0.4, 0.5) is 8.78 Å². The van der Waals surface area contributed by atoms with E-state index in [0.29, 0.717) is 29.9 Å². The summed E-state index contributed by atoms with van der Waals surface area (Å²) >= 11 is 0. The second-order valence-corrected chi connectivity index (χ2v) is 5.96. The lowest BCUT2D eigenvalue weighted by Gasteiger charge is -2.24. The summed E-state index contributed by atoms with van der Waals surface area (Å²) in [5, 5.41) is 0. The summed E-state index contributed by atoms with van der Waals surface area (Å²) in [5.41, 5.74) is 0.975. The fourth-order valence-corrected chi connectivity index (χ4v) is 2.98. The van der Waals surface area contributed by atoms with Crippen LogP contribution in [0.1, 0.15) is 46.3 Å². The number of carbonyl (C=O) groups excluding carboxylic acids is 1. The van der Waals surface area contributed by atoms with E-state index in [2.05, 4.69) is 9.97 Å². The van der Waals surface area contributed by atoms with E-state index in [4.69, 9.17) is 0 Å². The molecule has 1 aliphatic rings. The number of likely N-dealkylation sites (tertiary alicyclic amines) is 1. The Labute approximate surface area is 137 Å². The van der Waals surface area contributed by atoms with Crippen molar-refractivity contribution < 1.29 is 13.6 Å². The molecular weight excluding hydrogens is 316 g/mol. The molecule has 0 radical (unpaired) electrons. The molecule has 2 aromatic rings. The minimum absolute atomic E-state index is 0.174. The van der Waals surface area contributed by atoms with Gasteiger partial charge >= 0.3 is 0 Å². The minimum atomic E-state index is -0.950. The summed E-state index contributed by atoms with van der Waals surface area (Å²) in [6, 6.07) is 3.22. The molecule has 1 aromatic carbocycles. The third-order valence-corrected chi connectivity index (χ3v) is 4.38. The standard InChI is InChI=1S/C17H17F2N3O2/c1-9-10(2)21-16(23)15(20-9)17(24)22-7-3-4-14(22)11-5-6-12(18)13(19)8-11/h5-6,8,14H,3-4,7H2,1-2H3,(H,21,23)/t14-/m0/s1. The molecule has 1 atom stereocenters. The molecule has 1 fully saturated rings. The van der Waals surface area contributed by atoms with E-state index in [-0.39, 0.29) is 5.69 Å². The molecule has 1 N–H and O–H groups in total. The predicted molar refractivity (Wildman–Crippen MR) is 83.7 cm³/mol. The molecule has 1 amide bonds. The first-order chi connectivity index (χ1) is 11.4. The third-order valence-electron chi connectivity index (χ3n) is 4.38. The lowest BCUT2D eigenvalue weighted by molar-refractivity contribution is 0.0727. The number of H-pyrrole nitrogens is 1. The van der Waals surface area contributed by atoms with Gasteiger partial charge in [0, 0.05) is 12.2 Å². The zero-order valence-electron chi connectivity index (χ0n) is 13.4. The van der Waals surface area contributed by atoms with Crippen molar-refractivity contribution >= 4 is 5.91 Å². The van der Waals surface area contributed by atoms with E-state index in [1.165, 1.54) is 11.0 Å². The Kier molecular flexibility index (Phi) is 4.17. The van der Waals surface area contributed by atoms with E-state index in [0.717, 1.165) is 18.6 Å². The summed E-state index contributed by atoms with van der Waals surface area (Å²) in [6.07, 6.45) is 1.34. The largest absolute Gasteiger partial charge is 0.330 e. The van der Waals surface area contributed by atoms with Gasteiger partial charge in [0.15, 0.2) is 17.3 Å². The number of aryl methyl sites for hydroxylation is 2. The van der Waals surface area contributed by atoms with Crippen molar-refractivity contribution in [2.75, 3.05) is 6.54 Å². The number of benzene rings is 1. The highest BCUT2D eigenvalue weighted by molar-refractivity contribution is 5.92. The Morgan fingerprint density at radius 1 is 1.29 bits per heavy atom. The Morgan fingerprint density at radius 2 is 2.04 bits per heavy atom. The molecule has 0 unspecified atom stereocenters. The van der Waals surface area contributed by atoms with Crippen LogP contribution in [-0.4, -0.2) is 27.3 Å². The highest BCUT2D eigenvalue weighted by atomic mass is 19.2. The van der Waals surface area contributed by atoms with Crippen molar-refractivity contribution in [1.82, 2.24) is 14.9 Å². The number of rotatable bonds is 2. The second-order valence-electron chi connectivity index (χ2n) is 5.96. The highest BCUT2D eigenvalue weighted by Gasteiger charge is 2.33. The van der Waals surface area contributed by atoms with Crippen molar-refractivity contribution in [3.63, 3.8) is 0 Å². The fraction of sp³-hybridized carbons (Fsp3) is 0.353. The quantitative estimate of drug-likeness (QED) is 0.919. The molecular formula is C17H17F2N3O2. The molecule has 0 saturated carbocycles. The van der Waals surface area contributed by atoms with Gasteiger partial charge in [0.2, 0.25) is 0 Å². The number of amides is 1. The van der Waals surface area contributed by atoms with E-state index in [1.807, 2.05) is 0 Å². The van der Waals surface area contributed by atoms with Crippen LogP contribution in [-0.2, 0) is 0 Å². The Bertz CT molecular complexity index is 863. The van der Waals surface area contributed by atoms with Crippen molar-refractivity contribution in [2.45, 2.75) is 32.7 Å². The van der Waals surface area contributed by atoms with E-state index in [9.17, 15) is 18.4 Å². The summed E-state index contributed by atoms with van der Waals surface area (Å²) in [7, 11) is 0. The molecule has 1 aliphatic heterocycles. The SMILES string of the molecule is Cc1nc(C(=O)N2CCC[C@H]2c2ccc(F)c(F)c2)c(=O)[nH]c1C. The van der Waals surface area contributed by atoms with Gasteiger partial charge in [0.05, 0.1) is 11.7 Å². The highest BCUT2D eigenvalue weighted by Crippen LogP contribution is 2.33. The number of nitrogens with one attached hydrogen (secondary N) is 1. The molecule has 3 rings (SSSR count). The number of aromatic nitrogens is 2. The smallest absolute Gasteiger partial charge is 0.279 e. The Morgan fingerprint density at radius 3 is 2.75 bits per heavy atom. The van der Waals surface area contributed by atoms with Gasteiger partial charge in [-0.25, -0.2) is 13.8 Å². The maximum Gasteiger partial charge on any atom is 0.279 e. The van der Waals surface area contributed by atoms with E-state index >= 15 is 0 Å². The van der Waals surface area contributed by atoms with Crippen LogP contribution >= 0.6 is 0 Å². The molecule has 5 nitrogen and oxygen atoms in total. The van der Waals surface area contributed by atoms with Gasteiger partial charge in [-0.3, -0.25) is 9.59 Å². The van der Waals surface area contributed by atoms with Crippen LogP contribution in [0.5, 0.6) is 0 Å². The van der Waals surface area contributed by atoms with Crippen molar-refractivity contribution in [1.29, 1.82) is 0 Å². The lowest BCUT2D eigenvalue weighted by Crippen LogP contribution is -2.36. The molecule has 1 saturated heterocycles. The first-order valence-electron chi connectivity index (χ1n) is 7.72. The maximum atomic E-state index is 13.5. The minimum Gasteiger partial charge on any atom is -0.330 e. The van der Waals surface area contributed by atoms with Crippen LogP contribution in [0.15, 0.2) is 23.0 Å². The predicted octanol–water partition coefficient (Wildman–Crippen LogP) is 2.64. The van der Waals surface area contributed by atoms with Crippen LogP contribution in [0.25, 0.3) is 0 Å². The van der Waals surface area contributed by atoms with Crippen LogP contribution in [0.2, 0.25) is 0 Å². The molecule has 2 heterocycles. The summed E-state index contributed by atoms with van der Waals surface area (Å²) in [5.74, 6) is -2.37. The second kappa shape index (κ2) is 6.14. The molecule has 1 aromatic heterocycles.